The number of unbranched alkanes of at least 4 members (excludes halogenated alkanes) is 2. The number of pyridine rings is 1. The number of thioether (sulfide) groups is 1. The van der Waals surface area contributed by atoms with Crippen LogP contribution in [-0.4, -0.2) is 50.4 Å². The van der Waals surface area contributed by atoms with E-state index in [0.717, 1.165) is 50.2 Å². The predicted molar refractivity (Wildman–Crippen MR) is 172 cm³/mol. The second-order valence-corrected chi connectivity index (χ2v) is 12.6. The molecule has 0 radical (unpaired) electrons. The van der Waals surface area contributed by atoms with Crippen molar-refractivity contribution in [3.63, 3.8) is 0 Å². The molecule has 1 aromatic carbocycles. The highest BCUT2D eigenvalue weighted by Gasteiger charge is 2.33. The van der Waals surface area contributed by atoms with Crippen LogP contribution in [0.25, 0.3) is 6.08 Å². The number of anilines is 1. The zero-order valence-corrected chi connectivity index (χ0v) is 25.9. The number of hydrogen-bond acceptors (Lipinski definition) is 7. The number of rotatable bonds is 12. The largest absolute Gasteiger partial charge is 0.481 e. The number of hydrogen-bond donors (Lipinski definition) is 1. The molecule has 0 atom stereocenters. The summed E-state index contributed by atoms with van der Waals surface area (Å²) in [6.45, 7) is 6.27. The lowest BCUT2D eigenvalue weighted by Gasteiger charge is -2.36. The molecule has 1 N–H and O–H groups in total. The monoisotopic (exact) mass is 606 g/mol. The third-order valence-corrected chi connectivity index (χ3v) is 9.37. The molecule has 1 aromatic heterocycles. The van der Waals surface area contributed by atoms with Crippen molar-refractivity contribution in [2.24, 2.45) is 5.92 Å². The van der Waals surface area contributed by atoms with E-state index >= 15 is 0 Å². The number of carbonyl (C=O) groups excluding carboxylic acids is 1. The van der Waals surface area contributed by atoms with Crippen LogP contribution in [0.2, 0.25) is 0 Å². The molecule has 3 heterocycles. The molecular formula is C32H38N4O4S2. The third kappa shape index (κ3) is 7.31. The number of nitrogens with zero attached hydrogens (tertiary/aromatic N) is 4. The predicted octanol–water partition coefficient (Wildman–Crippen LogP) is 5.74. The highest BCUT2D eigenvalue weighted by molar-refractivity contribution is 8.26. The van der Waals surface area contributed by atoms with E-state index in [9.17, 15) is 19.6 Å². The zero-order chi connectivity index (χ0) is 30.2. The van der Waals surface area contributed by atoms with Gasteiger partial charge in [-0.3, -0.25) is 23.9 Å². The maximum absolute atomic E-state index is 13.5. The molecule has 0 saturated carbocycles. The number of aromatic nitrogens is 1. The van der Waals surface area contributed by atoms with Crippen LogP contribution in [0.5, 0.6) is 0 Å². The highest BCUT2D eigenvalue weighted by Crippen LogP contribution is 2.37. The number of carbonyl (C=O) groups is 2. The van der Waals surface area contributed by atoms with Crippen LogP contribution in [0, 0.1) is 24.2 Å². The fraction of sp³-hybridized carbons (Fsp3) is 0.469. The summed E-state index contributed by atoms with van der Waals surface area (Å²) in [7, 11) is 0. The van der Waals surface area contributed by atoms with E-state index in [1.54, 1.807) is 16.4 Å². The van der Waals surface area contributed by atoms with Crippen molar-refractivity contribution in [3.05, 3.63) is 67.8 Å². The summed E-state index contributed by atoms with van der Waals surface area (Å²) in [5.74, 6) is 0.304. The molecule has 4 rings (SSSR count). The van der Waals surface area contributed by atoms with E-state index in [4.69, 9.17) is 17.3 Å². The average Bonchev–Trinajstić information content (AvgIpc) is 3.24. The van der Waals surface area contributed by atoms with Crippen molar-refractivity contribution in [1.82, 2.24) is 9.47 Å². The Labute approximate surface area is 257 Å². The Kier molecular flexibility index (Phi) is 11.0. The second-order valence-electron chi connectivity index (χ2n) is 11.0. The van der Waals surface area contributed by atoms with Crippen LogP contribution < -0.4 is 10.5 Å². The first-order valence-electron chi connectivity index (χ1n) is 14.7. The van der Waals surface area contributed by atoms with Crippen molar-refractivity contribution < 1.29 is 14.7 Å². The average molecular weight is 607 g/mol. The molecule has 8 nitrogen and oxygen atoms in total. The maximum Gasteiger partial charge on any atom is 0.303 e. The minimum Gasteiger partial charge on any atom is -0.481 e. The topological polar surface area (TPSA) is 107 Å². The molecule has 42 heavy (non-hydrogen) atoms. The molecule has 0 aliphatic carbocycles. The van der Waals surface area contributed by atoms with Crippen molar-refractivity contribution >= 4 is 52.1 Å². The van der Waals surface area contributed by atoms with E-state index in [1.807, 2.05) is 19.1 Å². The lowest BCUT2D eigenvalue weighted by Crippen LogP contribution is -2.40. The highest BCUT2D eigenvalue weighted by atomic mass is 32.2. The van der Waals surface area contributed by atoms with Crippen LogP contribution in [-0.2, 0) is 22.6 Å². The summed E-state index contributed by atoms with van der Waals surface area (Å²) in [5, 5.41) is 18.8. The first kappa shape index (κ1) is 31.5. The maximum atomic E-state index is 13.5. The summed E-state index contributed by atoms with van der Waals surface area (Å²) in [5.41, 5.74) is 2.45. The fourth-order valence-electron chi connectivity index (χ4n) is 5.76. The van der Waals surface area contributed by atoms with Gasteiger partial charge in [-0.1, -0.05) is 67.7 Å². The number of aliphatic carboxylic acids is 1. The van der Waals surface area contributed by atoms with Gasteiger partial charge < -0.3 is 10.0 Å². The van der Waals surface area contributed by atoms with E-state index in [0.29, 0.717) is 53.1 Å². The number of piperidine rings is 1. The summed E-state index contributed by atoms with van der Waals surface area (Å²) in [6, 6.07) is 12.6. The van der Waals surface area contributed by atoms with Crippen LogP contribution >= 0.6 is 24.0 Å². The number of benzene rings is 1. The lowest BCUT2D eigenvalue weighted by molar-refractivity contribution is -0.137. The van der Waals surface area contributed by atoms with Gasteiger partial charge in [0.05, 0.1) is 4.91 Å². The Morgan fingerprint density at radius 1 is 1.14 bits per heavy atom. The molecule has 2 aliphatic heterocycles. The number of nitriles is 1. The molecule has 0 bridgehead atoms. The molecule has 2 aromatic rings. The Balaban J connectivity index is 1.63. The molecule has 222 valence electrons. The third-order valence-electron chi connectivity index (χ3n) is 8.00. The number of carboxylic acids is 1. The second kappa shape index (κ2) is 14.7. The first-order chi connectivity index (χ1) is 20.2. The van der Waals surface area contributed by atoms with Gasteiger partial charge in [0, 0.05) is 38.2 Å². The Morgan fingerprint density at radius 2 is 1.86 bits per heavy atom. The molecule has 0 unspecified atom stereocenters. The van der Waals surface area contributed by atoms with Crippen molar-refractivity contribution in [1.29, 1.82) is 5.26 Å². The molecule has 2 saturated heterocycles. The number of carboxylic acid groups (broad SMARTS) is 1. The Morgan fingerprint density at radius 3 is 2.50 bits per heavy atom. The summed E-state index contributed by atoms with van der Waals surface area (Å²) in [4.78, 5) is 42.0. The van der Waals surface area contributed by atoms with Gasteiger partial charge in [-0.25, -0.2) is 0 Å². The fourth-order valence-corrected chi connectivity index (χ4v) is 7.05. The number of amides is 1. The van der Waals surface area contributed by atoms with E-state index < -0.39 is 5.97 Å². The standard InChI is InChI=1S/C32H38N4O4S2/c1-3-15-35-29(34-17-13-24(14-18-34)19-23-10-6-4-7-11-23)25(22(2)26(21-33)30(35)39)20-27-31(40)36(32(41)42-27)16-9-5-8-12-28(37)38/h4,6-7,10-11,20,24H,3,5,8-9,12-19H2,1-2H3,(H,37,38)/b27-20+. The molecule has 2 fully saturated rings. The van der Waals surface area contributed by atoms with Crippen molar-refractivity contribution in [3.8, 4) is 6.07 Å². The Hall–Kier alpha value is -3.42. The van der Waals surface area contributed by atoms with Crippen molar-refractivity contribution in [2.75, 3.05) is 24.5 Å². The van der Waals surface area contributed by atoms with Gasteiger partial charge in [-0.15, -0.1) is 0 Å². The van der Waals surface area contributed by atoms with Gasteiger partial charge >= 0.3 is 5.97 Å². The SMILES string of the molecule is CCCn1c(N2CCC(Cc3ccccc3)CC2)c(/C=C2/SC(=S)N(CCCCCC(=O)O)C2=O)c(C)c(C#N)c1=O. The van der Waals surface area contributed by atoms with Gasteiger partial charge in [0.2, 0.25) is 0 Å². The minimum absolute atomic E-state index is 0.103. The van der Waals surface area contributed by atoms with Crippen LogP contribution in [0.1, 0.15) is 74.1 Å². The van der Waals surface area contributed by atoms with Gasteiger partial charge in [0.25, 0.3) is 11.5 Å². The molecule has 10 heteroatoms. The summed E-state index contributed by atoms with van der Waals surface area (Å²) < 4.78 is 2.19. The molecule has 2 aliphatic rings. The normalized spacial score (nSPS) is 16.8. The molecular weight excluding hydrogens is 569 g/mol. The van der Waals surface area contributed by atoms with Crippen LogP contribution in [0.3, 0.4) is 0 Å². The van der Waals surface area contributed by atoms with E-state index in [-0.39, 0.29) is 23.5 Å². The summed E-state index contributed by atoms with van der Waals surface area (Å²) in [6.07, 6.45) is 7.56. The lowest BCUT2D eigenvalue weighted by atomic mass is 9.90. The van der Waals surface area contributed by atoms with Gasteiger partial charge in [-0.05, 0) is 68.6 Å². The molecule has 0 spiro atoms. The smallest absolute Gasteiger partial charge is 0.303 e. The van der Waals surface area contributed by atoms with Gasteiger partial charge in [0.1, 0.15) is 21.8 Å². The zero-order valence-electron chi connectivity index (χ0n) is 24.3. The quantitative estimate of drug-likeness (QED) is 0.185. The summed E-state index contributed by atoms with van der Waals surface area (Å²) >= 11 is 6.77. The van der Waals surface area contributed by atoms with E-state index in [1.165, 1.54) is 17.3 Å². The van der Waals surface area contributed by atoms with Crippen LogP contribution in [0.15, 0.2) is 40.0 Å². The van der Waals surface area contributed by atoms with Gasteiger partial charge in [0.15, 0.2) is 0 Å². The Bertz CT molecular complexity index is 1450. The first-order valence-corrected chi connectivity index (χ1v) is 15.9. The van der Waals surface area contributed by atoms with Crippen LogP contribution in [0.4, 0.5) is 5.82 Å². The molecule has 1 amide bonds. The number of thiocarbonyl (C=S) groups is 1. The minimum atomic E-state index is -0.823. The van der Waals surface area contributed by atoms with E-state index in [2.05, 4.69) is 35.2 Å². The van der Waals surface area contributed by atoms with Gasteiger partial charge in [-0.2, -0.15) is 5.26 Å². The van der Waals surface area contributed by atoms with Crippen molar-refractivity contribution in [2.45, 2.75) is 71.8 Å².